The maximum absolute atomic E-state index is 14.7. The number of rotatable bonds is 28. The van der Waals surface area contributed by atoms with Gasteiger partial charge in [0, 0.05) is 74.1 Å². The molecule has 0 spiro atoms. The number of aromatic hydroxyl groups is 1. The minimum atomic E-state index is -3.42. The fraction of sp³-hybridized carbons (Fsp3) is 0.377. The van der Waals surface area contributed by atoms with Crippen molar-refractivity contribution in [1.29, 1.82) is 0 Å². The van der Waals surface area contributed by atoms with E-state index in [-0.39, 0.29) is 78.3 Å². The van der Waals surface area contributed by atoms with Crippen LogP contribution in [0.3, 0.4) is 0 Å². The summed E-state index contributed by atoms with van der Waals surface area (Å²) in [6, 6.07) is 41.1. The third kappa shape index (κ3) is 23.9. The number of anilines is 3. The molecule has 12 rings (SSSR count). The van der Waals surface area contributed by atoms with E-state index in [1.807, 2.05) is 30.3 Å². The Kier molecular flexibility index (Phi) is 28.6. The number of piperidine rings is 3. The first-order valence-electron chi connectivity index (χ1n) is 35.6. The van der Waals surface area contributed by atoms with Gasteiger partial charge in [0.05, 0.1) is 44.5 Å². The van der Waals surface area contributed by atoms with Crippen molar-refractivity contribution in [2.75, 3.05) is 101 Å². The van der Waals surface area contributed by atoms with E-state index >= 15 is 0 Å². The summed E-state index contributed by atoms with van der Waals surface area (Å²) in [5.41, 5.74) is 8.61. The highest BCUT2D eigenvalue weighted by atomic mass is 32.2. The van der Waals surface area contributed by atoms with Gasteiger partial charge >= 0.3 is 0 Å². The number of nitrogens with zero attached hydrogens (tertiary/aromatic N) is 9. The van der Waals surface area contributed by atoms with Crippen molar-refractivity contribution in [3.63, 3.8) is 0 Å². The monoisotopic (exact) mass is 1530 g/mol. The second kappa shape index (κ2) is 38.1. The number of phenols is 1. The third-order valence-electron chi connectivity index (χ3n) is 18.6. The van der Waals surface area contributed by atoms with Crippen LogP contribution in [-0.2, 0) is 69.0 Å². The summed E-state index contributed by atoms with van der Waals surface area (Å²) in [7, 11) is -8.74. The van der Waals surface area contributed by atoms with Gasteiger partial charge in [0.15, 0.2) is 29.0 Å². The molecule has 0 radical (unpaired) electrons. The standard InChI is InChI=1S/C26H32FN5O4S.C26H32FN5O2S.C25H29F2N5O2S/c1-36-24-15-18(6-7-23(24)33)8-13-29-26-30-16-22(27)25(31-26)20-5-3-4-19(14-20)17-32(37(2,34)35)21-9-11-28-12-10-21;1-19-5-3-6-20(15-19)9-14-29-26-30-17-24(27)25(31-26)22-8-4-7-21(16-22)18-32(35(2,33)34)23-10-12-28-13-11-23;1-35(33,34)32(22-9-11-28-12-10-22)17-19-5-2-6-20(14-19)24-23(27)16-30-25(31-24)29-13-8-18-4-3-7-21(26)15-18/h3-7,14-16,21,28,33H,8-13,17H2,1-2H3,(H,29,30,31);3-8,15-17,23,28H,9-14,18H2,1-2H3,(H,29,30,31);2-7,14-16,22,28H,8-13,17H2,1H3,(H,29,30,31). The van der Waals surface area contributed by atoms with E-state index in [9.17, 15) is 47.9 Å². The van der Waals surface area contributed by atoms with Crippen LogP contribution in [0.5, 0.6) is 11.5 Å². The first-order chi connectivity index (χ1) is 51.3. The van der Waals surface area contributed by atoms with E-state index in [4.69, 9.17) is 4.74 Å². The van der Waals surface area contributed by atoms with Gasteiger partial charge in [-0.3, -0.25) is 0 Å². The molecule has 107 heavy (non-hydrogen) atoms. The Morgan fingerprint density at radius 3 is 1.10 bits per heavy atom. The van der Waals surface area contributed by atoms with Crippen molar-refractivity contribution in [3.8, 4) is 45.3 Å². The molecule has 7 N–H and O–H groups in total. The van der Waals surface area contributed by atoms with Crippen LogP contribution in [0.15, 0.2) is 158 Å². The van der Waals surface area contributed by atoms with Crippen LogP contribution in [0, 0.1) is 30.2 Å². The minimum Gasteiger partial charge on any atom is -0.504 e. The first-order valence-corrected chi connectivity index (χ1v) is 41.1. The Bertz CT molecular complexity index is 4610. The molecule has 3 aliphatic rings. The van der Waals surface area contributed by atoms with Crippen molar-refractivity contribution in [1.82, 2.24) is 58.8 Å². The number of nitrogens with one attached hydrogen (secondary N) is 6. The van der Waals surface area contributed by atoms with E-state index in [1.165, 1.54) is 63.9 Å². The van der Waals surface area contributed by atoms with Gasteiger partial charge in [-0.25, -0.2) is 72.7 Å². The molecule has 0 unspecified atom stereocenters. The van der Waals surface area contributed by atoms with Gasteiger partial charge < -0.3 is 41.7 Å². The number of benzene rings is 6. The summed E-state index contributed by atoms with van der Waals surface area (Å²) in [6.45, 7) is 8.97. The average molecular weight is 1530 g/mol. The zero-order chi connectivity index (χ0) is 76.1. The molecule has 0 bridgehead atoms. The third-order valence-corrected chi connectivity index (χ3v) is 22.4. The van der Waals surface area contributed by atoms with Crippen LogP contribution in [0.25, 0.3) is 33.8 Å². The minimum absolute atomic E-state index is 0.0464. The highest BCUT2D eigenvalue weighted by Gasteiger charge is 2.32. The number of methoxy groups -OCH3 is 1. The lowest BCUT2D eigenvalue weighted by Crippen LogP contribution is -2.45. The zero-order valence-corrected chi connectivity index (χ0v) is 63.1. The Labute approximate surface area is 624 Å². The molecule has 3 fully saturated rings. The van der Waals surface area contributed by atoms with Crippen molar-refractivity contribution >= 4 is 47.9 Å². The summed E-state index contributed by atoms with van der Waals surface area (Å²) < 4.78 is 142. The van der Waals surface area contributed by atoms with E-state index in [1.54, 1.807) is 83.2 Å². The van der Waals surface area contributed by atoms with Crippen LogP contribution in [0.2, 0.25) is 0 Å². The summed E-state index contributed by atoms with van der Waals surface area (Å²) in [5, 5.41) is 28.9. The molecule has 6 heterocycles. The predicted octanol–water partition coefficient (Wildman–Crippen LogP) is 10.5. The quantitative estimate of drug-likeness (QED) is 0.0224. The lowest BCUT2D eigenvalue weighted by atomic mass is 10.0. The van der Waals surface area contributed by atoms with E-state index in [0.717, 1.165) is 124 Å². The van der Waals surface area contributed by atoms with Crippen LogP contribution >= 0.6 is 0 Å². The molecule has 9 aromatic rings. The highest BCUT2D eigenvalue weighted by Crippen LogP contribution is 2.31. The van der Waals surface area contributed by atoms with Crippen molar-refractivity contribution in [2.45, 2.75) is 102 Å². The van der Waals surface area contributed by atoms with E-state index < -0.39 is 47.5 Å². The molecular weight excluding hydrogens is 1440 g/mol. The van der Waals surface area contributed by atoms with Crippen LogP contribution in [0.4, 0.5) is 35.4 Å². The van der Waals surface area contributed by atoms with E-state index in [0.29, 0.717) is 60.9 Å². The second-order valence-electron chi connectivity index (χ2n) is 26.8. The van der Waals surface area contributed by atoms with Crippen molar-refractivity contribution in [3.05, 3.63) is 220 Å². The topological polar surface area (TPSA) is 291 Å². The summed E-state index contributed by atoms with van der Waals surface area (Å²) in [5.74, 6) is -0.597. The Morgan fingerprint density at radius 1 is 0.439 bits per heavy atom. The van der Waals surface area contributed by atoms with Crippen molar-refractivity contribution in [2.24, 2.45) is 0 Å². The number of phenolic OH excluding ortho intramolecular Hbond substituents is 1. The molecule has 6 aromatic carbocycles. The molecule has 0 saturated carbocycles. The lowest BCUT2D eigenvalue weighted by molar-refractivity contribution is 0.258. The molecule has 30 heteroatoms. The molecule has 3 aliphatic heterocycles. The number of hydrogen-bond donors (Lipinski definition) is 7. The molecule has 23 nitrogen and oxygen atoms in total. The number of aromatic nitrogens is 6. The van der Waals surface area contributed by atoms with Gasteiger partial charge in [0.25, 0.3) is 0 Å². The highest BCUT2D eigenvalue weighted by molar-refractivity contribution is 7.88. The number of sulfonamides is 3. The summed E-state index contributed by atoms with van der Waals surface area (Å²) in [6.07, 6.45) is 13.6. The van der Waals surface area contributed by atoms with Crippen LogP contribution in [-0.4, -0.2) is 176 Å². The molecule has 570 valence electrons. The zero-order valence-electron chi connectivity index (χ0n) is 60.7. The number of hydrogen-bond acceptors (Lipinski definition) is 20. The summed E-state index contributed by atoms with van der Waals surface area (Å²) >= 11 is 0. The van der Waals surface area contributed by atoms with Gasteiger partial charge in [-0.2, -0.15) is 12.9 Å². The smallest absolute Gasteiger partial charge is 0.223 e. The Balaban J connectivity index is 0.000000172. The van der Waals surface area contributed by atoms with Crippen LogP contribution in [0.1, 0.15) is 77.5 Å². The molecule has 0 atom stereocenters. The SMILES string of the molecule is COc1cc(CCNc2ncc(F)c(-c3cccc(CN(C4CCNCC4)S(C)(=O)=O)c3)n2)ccc1O.CS(=O)(=O)N(Cc1cccc(-c2nc(NCCc3cccc(F)c3)ncc2F)c1)C1CCNCC1.Cc1cccc(CCNc2ncc(F)c(-c3cccc(CN(C4CCNCC4)S(C)(=O)=O)c3)n2)c1. The number of halogens is 4. The van der Waals surface area contributed by atoms with Gasteiger partial charge in [-0.05, 0) is 180 Å². The number of aryl methyl sites for hydroxylation is 1. The Morgan fingerprint density at radius 2 is 0.766 bits per heavy atom. The first kappa shape index (κ1) is 80.4. The Hall–Kier alpha value is -9.11. The fourth-order valence-electron chi connectivity index (χ4n) is 13.2. The van der Waals surface area contributed by atoms with Gasteiger partial charge in [-0.15, -0.1) is 0 Å². The van der Waals surface area contributed by atoms with Gasteiger partial charge in [-0.1, -0.05) is 103 Å². The molecule has 0 amide bonds. The molecule has 3 saturated heterocycles. The number of ether oxygens (including phenoxy) is 1. The van der Waals surface area contributed by atoms with Crippen molar-refractivity contribution < 1.29 is 52.7 Å². The largest absolute Gasteiger partial charge is 0.504 e. The molecule has 0 aliphatic carbocycles. The van der Waals surface area contributed by atoms with E-state index in [2.05, 4.69) is 86.9 Å². The summed E-state index contributed by atoms with van der Waals surface area (Å²) in [4.78, 5) is 25.3. The lowest BCUT2D eigenvalue weighted by Gasteiger charge is -2.32. The second-order valence-corrected chi connectivity index (χ2v) is 32.6. The predicted molar refractivity (Wildman–Crippen MR) is 410 cm³/mol. The molecule has 3 aromatic heterocycles. The maximum Gasteiger partial charge on any atom is 0.223 e. The maximum atomic E-state index is 14.7. The van der Waals surface area contributed by atoms with Gasteiger partial charge in [0.2, 0.25) is 47.9 Å². The van der Waals surface area contributed by atoms with Crippen LogP contribution < -0.4 is 36.6 Å². The normalized spacial score (nSPS) is 14.8. The average Bonchev–Trinajstić information content (AvgIpc) is 0.818. The fourth-order valence-corrected chi connectivity index (χ4v) is 16.6. The molecular formula is C77H93F4N15O8S3. The van der Waals surface area contributed by atoms with Gasteiger partial charge in [0.1, 0.15) is 22.9 Å².